The summed E-state index contributed by atoms with van der Waals surface area (Å²) in [5, 5.41) is 7.90. The summed E-state index contributed by atoms with van der Waals surface area (Å²) in [7, 11) is -3.33. The fourth-order valence-electron chi connectivity index (χ4n) is 1.30. The number of hydrogen-bond donors (Lipinski definition) is 2. The first-order valence-corrected chi connectivity index (χ1v) is 6.96. The Morgan fingerprint density at radius 3 is 2.75 bits per heavy atom. The van der Waals surface area contributed by atoms with Gasteiger partial charge in [-0.05, 0) is 19.4 Å². The van der Waals surface area contributed by atoms with Gasteiger partial charge in [0.2, 0.25) is 10.0 Å². The summed E-state index contributed by atoms with van der Waals surface area (Å²) in [5.74, 6) is -0.00544. The predicted octanol–water partition coefficient (Wildman–Crippen LogP) is -0.459. The third-order valence-electron chi connectivity index (χ3n) is 2.14. The van der Waals surface area contributed by atoms with E-state index in [1.165, 1.54) is 0 Å². The Balaban J connectivity index is 1.93. The molecule has 0 spiro atoms. The maximum Gasteiger partial charge on any atom is 0.210 e. The van der Waals surface area contributed by atoms with Crippen LogP contribution in [0.25, 0.3) is 0 Å². The fourth-order valence-corrected chi connectivity index (χ4v) is 1.73. The number of rotatable bonds is 8. The zero-order valence-corrected chi connectivity index (χ0v) is 9.99. The lowest BCUT2D eigenvalue weighted by atomic mass is 10.3. The van der Waals surface area contributed by atoms with Crippen molar-refractivity contribution < 1.29 is 8.42 Å². The van der Waals surface area contributed by atoms with Crippen molar-refractivity contribution >= 4 is 10.0 Å². The largest absolute Gasteiger partial charge is 0.337 e. The zero-order valence-electron chi connectivity index (χ0n) is 9.17. The van der Waals surface area contributed by atoms with Gasteiger partial charge >= 0.3 is 0 Å². The molecular formula is C9H18N4O2S. The topological polar surface area (TPSA) is 90.0 Å². The van der Waals surface area contributed by atoms with Gasteiger partial charge in [0.05, 0.1) is 12.1 Å². The highest BCUT2D eigenvalue weighted by atomic mass is 32.2. The highest BCUT2D eigenvalue weighted by Gasteiger charge is 2.00. The summed E-state index contributed by atoms with van der Waals surface area (Å²) in [6, 6.07) is 0. The van der Waals surface area contributed by atoms with Gasteiger partial charge in [0.1, 0.15) is 0 Å². The average molecular weight is 246 g/mol. The summed E-state index contributed by atoms with van der Waals surface area (Å²) >= 11 is 0. The average Bonchev–Trinajstić information content (AvgIpc) is 2.67. The second-order valence-electron chi connectivity index (χ2n) is 3.62. The normalized spacial score (nSPS) is 11.8. The van der Waals surface area contributed by atoms with Gasteiger partial charge in [0.25, 0.3) is 0 Å². The van der Waals surface area contributed by atoms with E-state index >= 15 is 0 Å². The van der Waals surface area contributed by atoms with E-state index in [1.807, 2.05) is 10.8 Å². The van der Waals surface area contributed by atoms with Crippen LogP contribution in [0, 0.1) is 0 Å². The van der Waals surface area contributed by atoms with E-state index in [0.29, 0.717) is 6.54 Å². The van der Waals surface area contributed by atoms with Crippen LogP contribution >= 0.6 is 0 Å². The number of nitrogens with zero attached hydrogens (tertiary/aromatic N) is 2. The highest BCUT2D eigenvalue weighted by molar-refractivity contribution is 7.89. The van der Waals surface area contributed by atoms with Gasteiger partial charge in [-0.2, -0.15) is 0 Å². The Labute approximate surface area is 95.9 Å². The highest BCUT2D eigenvalue weighted by Crippen LogP contribution is 1.93. The molecule has 1 aromatic heterocycles. The summed E-state index contributed by atoms with van der Waals surface area (Å²) in [5.41, 5.74) is 0. The van der Waals surface area contributed by atoms with Crippen molar-refractivity contribution in [3.63, 3.8) is 0 Å². The minimum atomic E-state index is -3.33. The second kappa shape index (κ2) is 6.62. The van der Waals surface area contributed by atoms with Gasteiger partial charge in [-0.1, -0.05) is 0 Å². The molecule has 7 heteroatoms. The number of unbranched alkanes of at least 4 members (excludes halogenated alkanes) is 1. The Morgan fingerprint density at radius 2 is 2.12 bits per heavy atom. The van der Waals surface area contributed by atoms with Gasteiger partial charge in [-0.3, -0.25) is 0 Å². The molecule has 0 fully saturated rings. The van der Waals surface area contributed by atoms with E-state index in [1.54, 1.807) is 12.5 Å². The Hall–Kier alpha value is -0.920. The van der Waals surface area contributed by atoms with Crippen LogP contribution in [0.3, 0.4) is 0 Å². The number of hydrogen-bond acceptors (Lipinski definition) is 4. The molecule has 1 rings (SSSR count). The van der Waals surface area contributed by atoms with Crippen molar-refractivity contribution in [2.75, 3.05) is 18.8 Å². The molecule has 1 heterocycles. The van der Waals surface area contributed by atoms with Gasteiger partial charge in [-0.25, -0.2) is 18.5 Å². The van der Waals surface area contributed by atoms with Gasteiger partial charge in [0.15, 0.2) is 0 Å². The molecule has 0 saturated heterocycles. The molecule has 0 saturated carbocycles. The quantitative estimate of drug-likeness (QED) is 0.607. The molecule has 0 unspecified atom stereocenters. The van der Waals surface area contributed by atoms with Crippen LogP contribution < -0.4 is 10.5 Å². The number of nitrogens with two attached hydrogens (primary N) is 1. The van der Waals surface area contributed by atoms with Crippen LogP contribution in [0.15, 0.2) is 18.7 Å². The van der Waals surface area contributed by atoms with Crippen LogP contribution in [-0.4, -0.2) is 36.8 Å². The van der Waals surface area contributed by atoms with Crippen LogP contribution in [0.4, 0.5) is 0 Å². The van der Waals surface area contributed by atoms with Gasteiger partial charge in [0, 0.05) is 25.5 Å². The summed E-state index contributed by atoms with van der Waals surface area (Å²) in [4.78, 5) is 3.94. The number of primary sulfonamides is 1. The smallest absolute Gasteiger partial charge is 0.210 e. The first-order valence-electron chi connectivity index (χ1n) is 5.25. The molecule has 92 valence electrons. The van der Waals surface area contributed by atoms with Crippen molar-refractivity contribution in [3.8, 4) is 0 Å². The second-order valence-corrected chi connectivity index (χ2v) is 5.36. The molecule has 0 amide bonds. The molecule has 0 atom stereocenters. The number of nitrogens with one attached hydrogen (secondary N) is 1. The summed E-state index contributed by atoms with van der Waals surface area (Å²) in [6.45, 7) is 2.17. The van der Waals surface area contributed by atoms with Crippen molar-refractivity contribution in [2.45, 2.75) is 19.4 Å². The zero-order chi connectivity index (χ0) is 11.9. The van der Waals surface area contributed by atoms with Crippen LogP contribution in [-0.2, 0) is 16.6 Å². The molecule has 0 aliphatic rings. The monoisotopic (exact) mass is 246 g/mol. The molecule has 1 aromatic rings. The van der Waals surface area contributed by atoms with Crippen molar-refractivity contribution in [1.82, 2.24) is 14.9 Å². The van der Waals surface area contributed by atoms with Gasteiger partial charge < -0.3 is 9.88 Å². The predicted molar refractivity (Wildman–Crippen MR) is 62.3 cm³/mol. The minimum Gasteiger partial charge on any atom is -0.337 e. The Kier molecular flexibility index (Phi) is 5.44. The van der Waals surface area contributed by atoms with Crippen molar-refractivity contribution in [1.29, 1.82) is 0 Å². The lowest BCUT2D eigenvalue weighted by Gasteiger charge is -2.04. The number of aromatic nitrogens is 2. The van der Waals surface area contributed by atoms with Crippen molar-refractivity contribution in [3.05, 3.63) is 18.7 Å². The van der Waals surface area contributed by atoms with E-state index < -0.39 is 10.0 Å². The molecule has 0 aliphatic carbocycles. The van der Waals surface area contributed by atoms with E-state index in [-0.39, 0.29) is 5.75 Å². The molecule has 0 aromatic carbocycles. The fraction of sp³-hybridized carbons (Fsp3) is 0.667. The molecular weight excluding hydrogens is 228 g/mol. The summed E-state index contributed by atoms with van der Waals surface area (Å²) in [6.07, 6.45) is 7.51. The molecule has 0 bridgehead atoms. The molecule has 0 radical (unpaired) electrons. The molecule has 6 nitrogen and oxygen atoms in total. The maximum atomic E-state index is 10.6. The standard InChI is InChI=1S/C9H18N4O2S/c10-16(14,15)8-5-11-3-1-2-6-13-7-4-12-9-13/h4,7,9,11H,1-3,5-6,8H2,(H2,10,14,15). The Bertz CT molecular complexity index is 374. The van der Waals surface area contributed by atoms with Crippen molar-refractivity contribution in [2.24, 2.45) is 5.14 Å². The summed E-state index contributed by atoms with van der Waals surface area (Å²) < 4.78 is 23.2. The molecule has 0 aliphatic heterocycles. The van der Waals surface area contributed by atoms with Crippen LogP contribution in [0.2, 0.25) is 0 Å². The van der Waals surface area contributed by atoms with E-state index in [0.717, 1.165) is 25.9 Å². The van der Waals surface area contributed by atoms with E-state index in [9.17, 15) is 8.42 Å². The number of aryl methyl sites for hydroxylation is 1. The lowest BCUT2D eigenvalue weighted by molar-refractivity contribution is 0.569. The number of imidazole rings is 1. The first-order chi connectivity index (χ1) is 7.58. The molecule has 3 N–H and O–H groups in total. The Morgan fingerprint density at radius 1 is 1.31 bits per heavy atom. The molecule has 16 heavy (non-hydrogen) atoms. The third kappa shape index (κ3) is 6.54. The van der Waals surface area contributed by atoms with E-state index in [4.69, 9.17) is 5.14 Å². The minimum absolute atomic E-state index is 0.00544. The maximum absolute atomic E-state index is 10.6. The number of sulfonamides is 1. The lowest BCUT2D eigenvalue weighted by Crippen LogP contribution is -2.27. The van der Waals surface area contributed by atoms with Crippen LogP contribution in [0.5, 0.6) is 0 Å². The SMILES string of the molecule is NS(=O)(=O)CCNCCCCn1ccnc1. The van der Waals surface area contributed by atoms with Crippen LogP contribution in [0.1, 0.15) is 12.8 Å². The van der Waals surface area contributed by atoms with Gasteiger partial charge in [-0.15, -0.1) is 0 Å². The van der Waals surface area contributed by atoms with E-state index in [2.05, 4.69) is 10.3 Å². The first kappa shape index (κ1) is 13.1. The third-order valence-corrected chi connectivity index (χ3v) is 2.92.